The van der Waals surface area contributed by atoms with E-state index in [1.807, 2.05) is 26.0 Å². The zero-order chi connectivity index (χ0) is 17.7. The highest BCUT2D eigenvalue weighted by Crippen LogP contribution is 2.35. The summed E-state index contributed by atoms with van der Waals surface area (Å²) in [6, 6.07) is 5.45. The molecule has 130 valence electrons. The van der Waals surface area contributed by atoms with Gasteiger partial charge in [0.15, 0.2) is 5.75 Å². The van der Waals surface area contributed by atoms with Crippen LogP contribution < -0.4 is 20.8 Å². The van der Waals surface area contributed by atoms with Gasteiger partial charge in [-0.1, -0.05) is 20.3 Å². The quantitative estimate of drug-likeness (QED) is 0.473. The minimum Gasteiger partial charge on any atom is -0.485 e. The Labute approximate surface area is 142 Å². The second-order valence-electron chi connectivity index (χ2n) is 5.71. The number of nitrogens with zero attached hydrogens (tertiary/aromatic N) is 1. The molecule has 5 nitrogen and oxygen atoms in total. The topological polar surface area (TPSA) is 66.5 Å². The average molecular weight is 330 g/mol. The van der Waals surface area contributed by atoms with Gasteiger partial charge in [0.1, 0.15) is 0 Å². The van der Waals surface area contributed by atoms with E-state index in [9.17, 15) is 4.79 Å². The van der Waals surface area contributed by atoms with Gasteiger partial charge in [-0.25, -0.2) is 0 Å². The maximum absolute atomic E-state index is 12.8. The molecule has 0 saturated heterocycles. The zero-order valence-electron chi connectivity index (χ0n) is 14.9. The molecule has 0 atom stereocenters. The van der Waals surface area contributed by atoms with Crippen LogP contribution >= 0.6 is 0 Å². The number of aromatic nitrogens is 1. The predicted molar refractivity (Wildman–Crippen MR) is 98.7 cm³/mol. The second-order valence-corrected chi connectivity index (χ2v) is 5.71. The minimum atomic E-state index is -0.217. The standard InChI is InChI=1S/C19H26N2O3/c1-5-8-11-23-18-17(24-14(6-2)7-3)15-10-9-13(20)12-16(15)21(4)19(18)22/h6,9-10,12H,5,7-8,11,20H2,1-4H3. The maximum atomic E-state index is 12.8. The number of allylic oxidation sites excluding steroid dienone is 2. The van der Waals surface area contributed by atoms with E-state index in [2.05, 4.69) is 6.92 Å². The number of hydrogen-bond donors (Lipinski definition) is 1. The first-order valence-corrected chi connectivity index (χ1v) is 8.41. The summed E-state index contributed by atoms with van der Waals surface area (Å²) < 4.78 is 13.4. The van der Waals surface area contributed by atoms with Crippen molar-refractivity contribution >= 4 is 16.6 Å². The molecule has 0 amide bonds. The molecule has 0 radical (unpaired) electrons. The summed E-state index contributed by atoms with van der Waals surface area (Å²) in [5.41, 5.74) is 7.00. The number of benzene rings is 1. The number of anilines is 1. The Bertz CT molecular complexity index is 806. The number of fused-ring (bicyclic) bond motifs is 1. The van der Waals surface area contributed by atoms with Crippen molar-refractivity contribution in [3.05, 3.63) is 40.4 Å². The first-order valence-electron chi connectivity index (χ1n) is 8.41. The van der Waals surface area contributed by atoms with Gasteiger partial charge in [-0.3, -0.25) is 4.79 Å². The van der Waals surface area contributed by atoms with Crippen molar-refractivity contribution in [2.24, 2.45) is 7.05 Å². The molecule has 24 heavy (non-hydrogen) atoms. The minimum absolute atomic E-state index is 0.217. The van der Waals surface area contributed by atoms with Crippen molar-refractivity contribution in [3.8, 4) is 11.5 Å². The van der Waals surface area contributed by atoms with Crippen molar-refractivity contribution in [1.29, 1.82) is 0 Å². The molecular formula is C19H26N2O3. The molecule has 0 saturated carbocycles. The Hall–Kier alpha value is -2.43. The highest BCUT2D eigenvalue weighted by atomic mass is 16.5. The monoisotopic (exact) mass is 330 g/mol. The molecule has 2 aromatic rings. The number of aryl methyl sites for hydroxylation is 1. The van der Waals surface area contributed by atoms with E-state index in [0.29, 0.717) is 18.0 Å². The third-order valence-electron chi connectivity index (χ3n) is 3.98. The predicted octanol–water partition coefficient (Wildman–Crippen LogP) is 3.99. The number of ether oxygens (including phenoxy) is 2. The molecule has 1 heterocycles. The molecule has 2 N–H and O–H groups in total. The molecule has 0 aliphatic carbocycles. The summed E-state index contributed by atoms with van der Waals surface area (Å²) in [6.07, 6.45) is 4.51. The molecule has 0 aliphatic rings. The number of hydrogen-bond acceptors (Lipinski definition) is 4. The summed E-state index contributed by atoms with van der Waals surface area (Å²) >= 11 is 0. The summed E-state index contributed by atoms with van der Waals surface area (Å²) in [7, 11) is 1.72. The smallest absolute Gasteiger partial charge is 0.297 e. The van der Waals surface area contributed by atoms with Crippen molar-refractivity contribution in [1.82, 2.24) is 4.57 Å². The van der Waals surface area contributed by atoms with Crippen LogP contribution in [0.25, 0.3) is 10.9 Å². The van der Waals surface area contributed by atoms with Crippen LogP contribution in [0.15, 0.2) is 34.8 Å². The third-order valence-corrected chi connectivity index (χ3v) is 3.98. The van der Waals surface area contributed by atoms with Crippen LogP contribution in [0.4, 0.5) is 5.69 Å². The van der Waals surface area contributed by atoms with E-state index in [-0.39, 0.29) is 11.3 Å². The lowest BCUT2D eigenvalue weighted by Crippen LogP contribution is -2.21. The van der Waals surface area contributed by atoms with E-state index in [0.717, 1.165) is 35.9 Å². The number of pyridine rings is 1. The largest absolute Gasteiger partial charge is 0.485 e. The van der Waals surface area contributed by atoms with Crippen LogP contribution in [0.3, 0.4) is 0 Å². The van der Waals surface area contributed by atoms with Gasteiger partial charge in [0, 0.05) is 24.5 Å². The maximum Gasteiger partial charge on any atom is 0.297 e. The van der Waals surface area contributed by atoms with Crippen LogP contribution in [0.5, 0.6) is 11.5 Å². The Morgan fingerprint density at radius 2 is 2.04 bits per heavy atom. The fourth-order valence-corrected chi connectivity index (χ4v) is 2.51. The lowest BCUT2D eigenvalue weighted by atomic mass is 10.1. The fourth-order valence-electron chi connectivity index (χ4n) is 2.51. The highest BCUT2D eigenvalue weighted by molar-refractivity contribution is 5.90. The van der Waals surface area contributed by atoms with Gasteiger partial charge in [0.2, 0.25) is 5.75 Å². The molecule has 0 unspecified atom stereocenters. The third kappa shape index (κ3) is 3.55. The number of rotatable bonds is 7. The van der Waals surface area contributed by atoms with Gasteiger partial charge in [-0.15, -0.1) is 0 Å². The SMILES string of the molecule is CC=C(CC)Oc1c(OCCCC)c(=O)n(C)c2cc(N)ccc12. The fraction of sp³-hybridized carbons (Fsp3) is 0.421. The lowest BCUT2D eigenvalue weighted by molar-refractivity contribution is 0.284. The number of nitrogens with two attached hydrogens (primary N) is 1. The molecular weight excluding hydrogens is 304 g/mol. The Kier molecular flexibility index (Phi) is 5.90. The van der Waals surface area contributed by atoms with E-state index < -0.39 is 0 Å². The number of unbranched alkanes of at least 4 members (excludes halogenated alkanes) is 1. The molecule has 0 bridgehead atoms. The zero-order valence-corrected chi connectivity index (χ0v) is 14.9. The van der Waals surface area contributed by atoms with Gasteiger partial charge in [0.05, 0.1) is 17.9 Å². The van der Waals surface area contributed by atoms with Gasteiger partial charge < -0.3 is 19.8 Å². The molecule has 0 spiro atoms. The summed E-state index contributed by atoms with van der Waals surface area (Å²) in [6.45, 7) is 6.49. The van der Waals surface area contributed by atoms with Crippen molar-refractivity contribution in [2.75, 3.05) is 12.3 Å². The van der Waals surface area contributed by atoms with E-state index in [4.69, 9.17) is 15.2 Å². The first-order chi connectivity index (χ1) is 11.5. The van der Waals surface area contributed by atoms with E-state index in [1.54, 1.807) is 23.7 Å². The Balaban J connectivity index is 2.69. The molecule has 0 aliphatic heterocycles. The van der Waals surface area contributed by atoms with Crippen molar-refractivity contribution in [2.45, 2.75) is 40.0 Å². The van der Waals surface area contributed by atoms with E-state index in [1.165, 1.54) is 0 Å². The van der Waals surface area contributed by atoms with Crippen LogP contribution in [0, 0.1) is 0 Å². The molecule has 5 heteroatoms. The summed E-state index contributed by atoms with van der Waals surface area (Å²) in [5.74, 6) is 1.52. The van der Waals surface area contributed by atoms with Crippen LogP contribution in [-0.2, 0) is 7.05 Å². The van der Waals surface area contributed by atoms with Crippen LogP contribution in [0.2, 0.25) is 0 Å². The molecule has 1 aromatic carbocycles. The average Bonchev–Trinajstić information content (AvgIpc) is 2.59. The molecule has 2 rings (SSSR count). The van der Waals surface area contributed by atoms with Gasteiger partial charge in [-0.05, 0) is 37.6 Å². The second kappa shape index (κ2) is 7.90. The van der Waals surface area contributed by atoms with Crippen molar-refractivity contribution < 1.29 is 9.47 Å². The van der Waals surface area contributed by atoms with Gasteiger partial charge in [0.25, 0.3) is 5.56 Å². The summed E-state index contributed by atoms with van der Waals surface area (Å²) in [5, 5.41) is 0.811. The van der Waals surface area contributed by atoms with Crippen LogP contribution in [0.1, 0.15) is 40.0 Å². The molecule has 1 aromatic heterocycles. The Morgan fingerprint density at radius 1 is 1.29 bits per heavy atom. The summed E-state index contributed by atoms with van der Waals surface area (Å²) in [4.78, 5) is 12.8. The number of nitrogen functional groups attached to an aromatic ring is 1. The lowest BCUT2D eigenvalue weighted by Gasteiger charge is -2.18. The molecule has 0 fully saturated rings. The normalized spacial score (nSPS) is 11.8. The Morgan fingerprint density at radius 3 is 2.67 bits per heavy atom. The van der Waals surface area contributed by atoms with Crippen LogP contribution in [-0.4, -0.2) is 11.2 Å². The van der Waals surface area contributed by atoms with Crippen molar-refractivity contribution in [3.63, 3.8) is 0 Å². The van der Waals surface area contributed by atoms with Gasteiger partial charge in [-0.2, -0.15) is 0 Å². The van der Waals surface area contributed by atoms with Gasteiger partial charge >= 0.3 is 0 Å². The highest BCUT2D eigenvalue weighted by Gasteiger charge is 2.19. The first kappa shape index (κ1) is 17.9. The van der Waals surface area contributed by atoms with E-state index >= 15 is 0 Å².